The van der Waals surface area contributed by atoms with Crippen LogP contribution in [0.5, 0.6) is 0 Å². The standard InChI is InChI=1S/C8H14O8/c9-2-4(11)6-5(12)3(10)1-8(15,16-6)7(13)14/h3-6,9-12,15H,1-2H2,(H,13,14)/t3?,4-,5?,6?,8?/m1/s1. The summed E-state index contributed by atoms with van der Waals surface area (Å²) in [7, 11) is 0. The molecule has 8 heteroatoms. The summed E-state index contributed by atoms with van der Waals surface area (Å²) < 4.78 is 4.61. The fraction of sp³-hybridized carbons (Fsp3) is 0.875. The highest BCUT2D eigenvalue weighted by molar-refractivity contribution is 5.75. The van der Waals surface area contributed by atoms with E-state index in [9.17, 15) is 25.2 Å². The van der Waals surface area contributed by atoms with E-state index in [-0.39, 0.29) is 0 Å². The summed E-state index contributed by atoms with van der Waals surface area (Å²) in [6.07, 6.45) is -7.05. The minimum atomic E-state index is -2.68. The second-order valence-electron chi connectivity index (χ2n) is 3.68. The van der Waals surface area contributed by atoms with E-state index in [0.29, 0.717) is 0 Å². The van der Waals surface area contributed by atoms with Crippen LogP contribution in [0.25, 0.3) is 0 Å². The minimum Gasteiger partial charge on any atom is -0.477 e. The van der Waals surface area contributed by atoms with Crippen molar-refractivity contribution in [2.75, 3.05) is 6.61 Å². The van der Waals surface area contributed by atoms with E-state index in [2.05, 4.69) is 4.74 Å². The van der Waals surface area contributed by atoms with Gasteiger partial charge in [-0.15, -0.1) is 0 Å². The highest BCUT2D eigenvalue weighted by Gasteiger charge is 2.52. The number of aliphatic hydroxyl groups excluding tert-OH is 4. The number of aliphatic hydroxyl groups is 5. The van der Waals surface area contributed by atoms with E-state index < -0.39 is 49.2 Å². The molecule has 4 unspecified atom stereocenters. The van der Waals surface area contributed by atoms with E-state index in [1.54, 1.807) is 0 Å². The predicted molar refractivity (Wildman–Crippen MR) is 47.2 cm³/mol. The minimum absolute atomic E-state index is 0.724. The number of ether oxygens (including phenoxy) is 1. The first-order valence-corrected chi connectivity index (χ1v) is 4.60. The van der Waals surface area contributed by atoms with Crippen molar-refractivity contribution >= 4 is 5.97 Å². The van der Waals surface area contributed by atoms with Gasteiger partial charge in [-0.1, -0.05) is 0 Å². The van der Waals surface area contributed by atoms with Crippen molar-refractivity contribution in [3.63, 3.8) is 0 Å². The summed E-state index contributed by atoms with van der Waals surface area (Å²) >= 11 is 0. The highest BCUT2D eigenvalue weighted by atomic mass is 16.7. The molecule has 0 bridgehead atoms. The third-order valence-corrected chi connectivity index (χ3v) is 2.45. The number of carboxylic acids is 1. The summed E-state index contributed by atoms with van der Waals surface area (Å²) in [5, 5.41) is 54.7. The Balaban J connectivity index is 2.89. The van der Waals surface area contributed by atoms with Crippen LogP contribution in [0.15, 0.2) is 0 Å². The molecule has 0 saturated carbocycles. The van der Waals surface area contributed by atoms with Crippen LogP contribution in [0, 0.1) is 0 Å². The Morgan fingerprint density at radius 1 is 1.50 bits per heavy atom. The average molecular weight is 238 g/mol. The summed E-state index contributed by atoms with van der Waals surface area (Å²) in [5.74, 6) is -4.42. The van der Waals surface area contributed by atoms with Crippen LogP contribution in [0.2, 0.25) is 0 Å². The molecule has 0 aliphatic carbocycles. The van der Waals surface area contributed by atoms with Gasteiger partial charge in [0.15, 0.2) is 0 Å². The van der Waals surface area contributed by atoms with Crippen molar-refractivity contribution in [1.29, 1.82) is 0 Å². The van der Waals surface area contributed by atoms with Gasteiger partial charge in [-0.3, -0.25) is 0 Å². The van der Waals surface area contributed by atoms with Crippen LogP contribution in [-0.4, -0.2) is 73.4 Å². The number of aliphatic carboxylic acids is 1. The molecule has 8 nitrogen and oxygen atoms in total. The molecular formula is C8H14O8. The fourth-order valence-electron chi connectivity index (χ4n) is 1.51. The third-order valence-electron chi connectivity index (χ3n) is 2.45. The average Bonchev–Trinajstić information content (AvgIpc) is 2.22. The van der Waals surface area contributed by atoms with Crippen LogP contribution in [-0.2, 0) is 9.53 Å². The van der Waals surface area contributed by atoms with Crippen LogP contribution in [0.3, 0.4) is 0 Å². The normalized spacial score (nSPS) is 41.7. The summed E-state index contributed by atoms with van der Waals surface area (Å²) in [6, 6.07) is 0. The van der Waals surface area contributed by atoms with Gasteiger partial charge in [0, 0.05) is 6.42 Å². The summed E-state index contributed by atoms with van der Waals surface area (Å²) in [5.41, 5.74) is 0. The van der Waals surface area contributed by atoms with E-state index in [4.69, 9.17) is 10.2 Å². The van der Waals surface area contributed by atoms with Crippen LogP contribution >= 0.6 is 0 Å². The first-order valence-electron chi connectivity index (χ1n) is 4.60. The van der Waals surface area contributed by atoms with Crippen molar-refractivity contribution in [3.8, 4) is 0 Å². The molecule has 1 fully saturated rings. The first-order chi connectivity index (χ1) is 7.31. The third kappa shape index (κ3) is 2.32. The van der Waals surface area contributed by atoms with Gasteiger partial charge in [-0.2, -0.15) is 0 Å². The van der Waals surface area contributed by atoms with Gasteiger partial charge >= 0.3 is 5.97 Å². The Hall–Kier alpha value is -0.770. The lowest BCUT2D eigenvalue weighted by Crippen LogP contribution is -2.61. The van der Waals surface area contributed by atoms with Crippen molar-refractivity contribution in [2.24, 2.45) is 0 Å². The molecule has 0 aromatic heterocycles. The van der Waals surface area contributed by atoms with Gasteiger partial charge in [-0.25, -0.2) is 4.79 Å². The predicted octanol–water partition coefficient (Wildman–Crippen LogP) is -3.38. The molecule has 0 aromatic carbocycles. The van der Waals surface area contributed by atoms with Crippen molar-refractivity contribution in [1.82, 2.24) is 0 Å². The molecular weight excluding hydrogens is 224 g/mol. The quantitative estimate of drug-likeness (QED) is 0.298. The molecule has 1 aliphatic rings. The van der Waals surface area contributed by atoms with Gasteiger partial charge in [0.25, 0.3) is 5.79 Å². The molecule has 1 rings (SSSR count). The summed E-state index contributed by atoms with van der Waals surface area (Å²) in [4.78, 5) is 10.7. The SMILES string of the molecule is O=C(O)C1(O)CC(O)C(O)C([C@H](O)CO)O1. The van der Waals surface area contributed by atoms with Crippen molar-refractivity contribution in [3.05, 3.63) is 0 Å². The van der Waals surface area contributed by atoms with Gasteiger partial charge in [0.05, 0.1) is 12.7 Å². The van der Waals surface area contributed by atoms with Crippen LogP contribution in [0.4, 0.5) is 0 Å². The van der Waals surface area contributed by atoms with Crippen LogP contribution < -0.4 is 0 Å². The molecule has 1 heterocycles. The number of hydrogen-bond acceptors (Lipinski definition) is 7. The molecule has 1 saturated heterocycles. The van der Waals surface area contributed by atoms with Gasteiger partial charge < -0.3 is 35.4 Å². The number of hydrogen-bond donors (Lipinski definition) is 6. The number of rotatable bonds is 3. The van der Waals surface area contributed by atoms with E-state index >= 15 is 0 Å². The lowest BCUT2D eigenvalue weighted by atomic mass is 9.93. The Kier molecular flexibility index (Phi) is 3.84. The van der Waals surface area contributed by atoms with Crippen LogP contribution in [0.1, 0.15) is 6.42 Å². The molecule has 0 aromatic rings. The molecule has 0 amide bonds. The first kappa shape index (κ1) is 13.3. The number of carboxylic acid groups (broad SMARTS) is 1. The molecule has 0 radical (unpaired) electrons. The Morgan fingerprint density at radius 2 is 2.06 bits per heavy atom. The van der Waals surface area contributed by atoms with Crippen molar-refractivity contribution < 1.29 is 40.2 Å². The largest absolute Gasteiger partial charge is 0.477 e. The fourth-order valence-corrected chi connectivity index (χ4v) is 1.51. The lowest BCUT2D eigenvalue weighted by molar-refractivity contribution is -0.308. The molecule has 94 valence electrons. The monoisotopic (exact) mass is 238 g/mol. The second kappa shape index (κ2) is 4.62. The van der Waals surface area contributed by atoms with Crippen molar-refractivity contribution in [2.45, 2.75) is 36.6 Å². The van der Waals surface area contributed by atoms with Gasteiger partial charge in [-0.05, 0) is 0 Å². The Bertz CT molecular complexity index is 269. The number of carbonyl (C=O) groups is 1. The second-order valence-corrected chi connectivity index (χ2v) is 3.68. The molecule has 6 N–H and O–H groups in total. The molecule has 16 heavy (non-hydrogen) atoms. The van der Waals surface area contributed by atoms with Gasteiger partial charge in [0.1, 0.15) is 18.3 Å². The Labute approximate surface area is 90.3 Å². The maximum Gasteiger partial charge on any atom is 0.364 e. The zero-order valence-corrected chi connectivity index (χ0v) is 8.22. The maximum absolute atomic E-state index is 10.7. The zero-order chi connectivity index (χ0) is 12.5. The summed E-state index contributed by atoms with van der Waals surface area (Å²) in [6.45, 7) is -0.801. The smallest absolute Gasteiger partial charge is 0.364 e. The molecule has 1 aliphatic heterocycles. The topological polar surface area (TPSA) is 148 Å². The highest BCUT2D eigenvalue weighted by Crippen LogP contribution is 2.29. The zero-order valence-electron chi connectivity index (χ0n) is 8.22. The molecule has 0 spiro atoms. The van der Waals surface area contributed by atoms with E-state index in [1.807, 2.05) is 0 Å². The van der Waals surface area contributed by atoms with E-state index in [1.165, 1.54) is 0 Å². The molecule has 5 atom stereocenters. The maximum atomic E-state index is 10.7. The van der Waals surface area contributed by atoms with Gasteiger partial charge in [0.2, 0.25) is 0 Å². The Morgan fingerprint density at radius 3 is 2.50 bits per heavy atom. The lowest BCUT2D eigenvalue weighted by Gasteiger charge is -2.41. The van der Waals surface area contributed by atoms with E-state index in [0.717, 1.165) is 0 Å².